The number of rotatable bonds is 13. The Bertz CT molecular complexity index is 806. The van der Waals surface area contributed by atoms with Gasteiger partial charge < -0.3 is 24.4 Å². The lowest BCUT2D eigenvalue weighted by Crippen LogP contribution is -2.58. The second kappa shape index (κ2) is 11.4. The van der Waals surface area contributed by atoms with Crippen molar-refractivity contribution in [1.29, 1.82) is 0 Å². The van der Waals surface area contributed by atoms with E-state index in [0.717, 1.165) is 19.3 Å². The first-order valence-electron chi connectivity index (χ1n) is 12.2. The zero-order valence-electron chi connectivity index (χ0n) is 20.2. The monoisotopic (exact) mass is 540 g/mol. The molecular weight excluding hydrogens is 504 g/mol. The predicted octanol–water partition coefficient (Wildman–Crippen LogP) is 2.44. The third-order valence-electron chi connectivity index (χ3n) is 7.23. The summed E-state index contributed by atoms with van der Waals surface area (Å²) in [6, 6.07) is -1.53. The number of likely N-dealkylation sites (tertiary alicyclic amines) is 1. The molecule has 0 aromatic heterocycles. The van der Waals surface area contributed by atoms with Gasteiger partial charge in [0.05, 0.1) is 37.2 Å². The number of halogens is 1. The third kappa shape index (κ3) is 4.58. The molecule has 2 amide bonds. The molecule has 1 N–H and O–H groups in total. The number of aliphatic hydroxyl groups excluding tert-OH is 1. The van der Waals surface area contributed by atoms with Crippen LogP contribution in [-0.2, 0) is 23.9 Å². The van der Waals surface area contributed by atoms with E-state index in [1.807, 2.05) is 0 Å². The van der Waals surface area contributed by atoms with Gasteiger partial charge in [0, 0.05) is 17.9 Å². The molecule has 0 aliphatic carbocycles. The minimum absolute atomic E-state index is 0.177. The summed E-state index contributed by atoms with van der Waals surface area (Å²) in [5.41, 5.74) is -1.15. The van der Waals surface area contributed by atoms with Crippen LogP contribution >= 0.6 is 15.9 Å². The SMILES string of the molecule is C=CCCOC(=O)[C@H]1[C@H]2C(=O)N([C@H](C)CO)C(C(=O)N(CC=C)CCCCC)C23CC(Br)[C@@H]1O3. The van der Waals surface area contributed by atoms with E-state index in [4.69, 9.17) is 9.47 Å². The zero-order valence-corrected chi connectivity index (χ0v) is 21.7. The molecule has 3 aliphatic heterocycles. The highest BCUT2D eigenvalue weighted by molar-refractivity contribution is 9.09. The van der Waals surface area contributed by atoms with E-state index in [2.05, 4.69) is 36.0 Å². The van der Waals surface area contributed by atoms with Gasteiger partial charge in [-0.3, -0.25) is 14.4 Å². The van der Waals surface area contributed by atoms with Crippen LogP contribution in [0.2, 0.25) is 0 Å². The molecule has 9 heteroatoms. The number of ether oxygens (including phenoxy) is 2. The standard InChI is InChI=1S/C25H37BrN2O6/c1-5-8-10-12-27(11-7-3)23(31)21-25-14-17(26)20(34-25)18(24(32)33-13-9-6-2)19(25)22(30)28(21)16(4)15-29/h6-7,16-21,29H,2-3,5,8-15H2,1,4H3/t16-,17?,18+,19+,20+,21?,25?/m1/s1. The van der Waals surface area contributed by atoms with Crippen molar-refractivity contribution in [2.45, 2.75) is 74.6 Å². The molecule has 0 aromatic rings. The Hall–Kier alpha value is -1.71. The van der Waals surface area contributed by atoms with Gasteiger partial charge in [0.15, 0.2) is 0 Å². The summed E-state index contributed by atoms with van der Waals surface area (Å²) in [4.78, 5) is 43.8. The van der Waals surface area contributed by atoms with Crippen molar-refractivity contribution in [2.24, 2.45) is 11.8 Å². The Labute approximate surface area is 210 Å². The Morgan fingerprint density at radius 1 is 1.38 bits per heavy atom. The van der Waals surface area contributed by atoms with Gasteiger partial charge in [0.2, 0.25) is 11.8 Å². The number of carbonyl (C=O) groups excluding carboxylic acids is 3. The first-order valence-corrected chi connectivity index (χ1v) is 13.1. The molecule has 0 saturated carbocycles. The zero-order chi connectivity index (χ0) is 25.0. The fraction of sp³-hybridized carbons (Fsp3) is 0.720. The van der Waals surface area contributed by atoms with Gasteiger partial charge in [-0.05, 0) is 26.2 Å². The first-order chi connectivity index (χ1) is 16.3. The molecule has 3 fully saturated rings. The van der Waals surface area contributed by atoms with Gasteiger partial charge in [-0.1, -0.05) is 47.8 Å². The Morgan fingerprint density at radius 3 is 2.74 bits per heavy atom. The number of nitrogens with zero attached hydrogens (tertiary/aromatic N) is 2. The lowest BCUT2D eigenvalue weighted by molar-refractivity contribution is -0.156. The number of alkyl halides is 1. The third-order valence-corrected chi connectivity index (χ3v) is 8.08. The van der Waals surface area contributed by atoms with Gasteiger partial charge in [0.1, 0.15) is 11.6 Å². The van der Waals surface area contributed by atoms with Crippen LogP contribution in [0.25, 0.3) is 0 Å². The van der Waals surface area contributed by atoms with Crippen LogP contribution in [0.4, 0.5) is 0 Å². The summed E-state index contributed by atoms with van der Waals surface area (Å²) in [6.07, 6.45) is 6.55. The molecule has 7 atom stereocenters. The Balaban J connectivity index is 1.99. The molecule has 3 unspecified atom stereocenters. The van der Waals surface area contributed by atoms with Crippen molar-refractivity contribution in [1.82, 2.24) is 9.80 Å². The topological polar surface area (TPSA) is 96.4 Å². The van der Waals surface area contributed by atoms with Crippen LogP contribution in [0, 0.1) is 11.8 Å². The molecule has 1 spiro atoms. The highest BCUT2D eigenvalue weighted by Crippen LogP contribution is 2.60. The predicted molar refractivity (Wildman–Crippen MR) is 131 cm³/mol. The van der Waals surface area contributed by atoms with E-state index in [1.54, 1.807) is 24.0 Å². The number of hydrogen-bond donors (Lipinski definition) is 1. The number of esters is 1. The van der Waals surface area contributed by atoms with E-state index in [-0.39, 0.29) is 29.9 Å². The van der Waals surface area contributed by atoms with Gasteiger partial charge in [-0.2, -0.15) is 0 Å². The van der Waals surface area contributed by atoms with Crippen LogP contribution in [0.1, 0.15) is 46.0 Å². The fourth-order valence-electron chi connectivity index (χ4n) is 5.69. The van der Waals surface area contributed by atoms with E-state index in [1.165, 1.54) is 4.90 Å². The smallest absolute Gasteiger partial charge is 0.312 e. The molecule has 3 heterocycles. The fourth-order valence-corrected chi connectivity index (χ4v) is 6.63. The lowest BCUT2D eigenvalue weighted by Gasteiger charge is -2.38. The molecule has 3 saturated heterocycles. The first kappa shape index (κ1) is 26.9. The average Bonchev–Trinajstić information content (AvgIpc) is 3.41. The van der Waals surface area contributed by atoms with Crippen molar-refractivity contribution in [2.75, 3.05) is 26.3 Å². The average molecular weight is 541 g/mol. The Morgan fingerprint density at radius 2 is 2.12 bits per heavy atom. The van der Waals surface area contributed by atoms with Crippen molar-refractivity contribution < 1.29 is 29.0 Å². The molecular formula is C25H37BrN2O6. The maximum Gasteiger partial charge on any atom is 0.312 e. The van der Waals surface area contributed by atoms with Crippen molar-refractivity contribution in [3.63, 3.8) is 0 Å². The number of carbonyl (C=O) groups is 3. The minimum atomic E-state index is -1.15. The van der Waals surface area contributed by atoms with E-state index in [9.17, 15) is 19.5 Å². The second-order valence-electron chi connectivity index (χ2n) is 9.47. The Kier molecular flexibility index (Phi) is 8.98. The molecule has 2 bridgehead atoms. The maximum absolute atomic E-state index is 14.0. The van der Waals surface area contributed by atoms with Gasteiger partial charge in [0.25, 0.3) is 0 Å². The lowest BCUT2D eigenvalue weighted by atomic mass is 9.70. The summed E-state index contributed by atoms with van der Waals surface area (Å²) in [5, 5.41) is 9.94. The van der Waals surface area contributed by atoms with Crippen LogP contribution in [0.15, 0.2) is 25.3 Å². The molecule has 0 radical (unpaired) electrons. The molecule has 3 aliphatic rings. The van der Waals surface area contributed by atoms with Crippen LogP contribution in [0.3, 0.4) is 0 Å². The summed E-state index contributed by atoms with van der Waals surface area (Å²) >= 11 is 3.64. The molecule has 8 nitrogen and oxygen atoms in total. The second-order valence-corrected chi connectivity index (χ2v) is 10.6. The highest BCUT2D eigenvalue weighted by Gasteiger charge is 2.77. The molecule has 3 rings (SSSR count). The van der Waals surface area contributed by atoms with Crippen LogP contribution in [0.5, 0.6) is 0 Å². The van der Waals surface area contributed by atoms with Crippen molar-refractivity contribution >= 4 is 33.7 Å². The van der Waals surface area contributed by atoms with Gasteiger partial charge >= 0.3 is 5.97 Å². The maximum atomic E-state index is 14.0. The number of aliphatic hydroxyl groups is 1. The summed E-state index contributed by atoms with van der Waals surface area (Å²) in [7, 11) is 0. The number of unbranched alkanes of at least 4 members (excludes halogenated alkanes) is 2. The summed E-state index contributed by atoms with van der Waals surface area (Å²) in [5.74, 6) is -2.69. The van der Waals surface area contributed by atoms with E-state index < -0.39 is 41.6 Å². The summed E-state index contributed by atoms with van der Waals surface area (Å²) in [6.45, 7) is 12.0. The summed E-state index contributed by atoms with van der Waals surface area (Å²) < 4.78 is 11.9. The number of hydrogen-bond acceptors (Lipinski definition) is 6. The number of fused-ring (bicyclic) bond motifs is 1. The minimum Gasteiger partial charge on any atom is -0.465 e. The highest BCUT2D eigenvalue weighted by atomic mass is 79.9. The number of amides is 2. The van der Waals surface area contributed by atoms with Crippen LogP contribution in [-0.4, -0.2) is 87.6 Å². The molecule has 0 aromatic carbocycles. The molecule has 190 valence electrons. The van der Waals surface area contributed by atoms with Crippen molar-refractivity contribution in [3.8, 4) is 0 Å². The quantitative estimate of drug-likeness (QED) is 0.167. The molecule has 34 heavy (non-hydrogen) atoms. The normalized spacial score (nSPS) is 32.4. The van der Waals surface area contributed by atoms with Crippen molar-refractivity contribution in [3.05, 3.63) is 25.3 Å². The van der Waals surface area contributed by atoms with Gasteiger partial charge in [-0.15, -0.1) is 13.2 Å². The van der Waals surface area contributed by atoms with Gasteiger partial charge in [-0.25, -0.2) is 0 Å². The van der Waals surface area contributed by atoms with E-state index in [0.29, 0.717) is 25.9 Å². The van der Waals surface area contributed by atoms with Crippen LogP contribution < -0.4 is 0 Å². The van der Waals surface area contributed by atoms with E-state index >= 15 is 0 Å². The largest absolute Gasteiger partial charge is 0.465 e.